The Kier molecular flexibility index (Phi) is 12.7. The van der Waals surface area contributed by atoms with Gasteiger partial charge >= 0.3 is 0 Å². The first-order chi connectivity index (χ1) is 46.1. The van der Waals surface area contributed by atoms with Crippen molar-refractivity contribution < 1.29 is 0 Å². The molecule has 8 heteroatoms. The van der Waals surface area contributed by atoms with Crippen molar-refractivity contribution in [3.8, 4) is 107 Å². The third-order valence-corrected chi connectivity index (χ3v) is 18.1. The molecule has 12 aromatic carbocycles. The summed E-state index contributed by atoms with van der Waals surface area (Å²) >= 11 is 0. The quantitative estimate of drug-likeness (QED) is 0.129. The standard InChI is InChI=1S/C85H54N8/c1-6-27-55(28-7-1)68-42-26-43-69(86-68)60-49-50-79-66(51-60)65-41-20-21-44-74(65)91(79)80-52-67(72-53-70(56-29-8-2-9-30-56)87-84(89-72)58-33-12-4-13-34-58)82(92-75-45-22-16-37-61(75)62-38-17-23-46-76(62)92)81(83(80)93-77-47-24-18-39-63(77)64-40-19-25-48-78(64)93)73-54-71(57-31-10-3-11-32-57)88-85(90-73)59-35-14-5-15-36-59/h1-54H. The number of rotatable bonds is 11. The number of fused-ring (bicyclic) bond motifs is 9. The highest BCUT2D eigenvalue weighted by atomic mass is 15.1. The van der Waals surface area contributed by atoms with Crippen LogP contribution in [0.2, 0.25) is 0 Å². The van der Waals surface area contributed by atoms with Crippen molar-refractivity contribution >= 4 is 65.4 Å². The zero-order chi connectivity index (χ0) is 61.3. The van der Waals surface area contributed by atoms with Crippen LogP contribution in [0.15, 0.2) is 328 Å². The molecule has 0 radical (unpaired) electrons. The maximum absolute atomic E-state index is 5.96. The van der Waals surface area contributed by atoms with E-state index in [0.29, 0.717) is 17.3 Å². The zero-order valence-electron chi connectivity index (χ0n) is 50.3. The number of hydrogen-bond acceptors (Lipinski definition) is 5. The highest BCUT2D eigenvalue weighted by Crippen LogP contribution is 2.51. The zero-order valence-corrected chi connectivity index (χ0v) is 50.3. The average molecular weight is 1190 g/mol. The Morgan fingerprint density at radius 1 is 0.194 bits per heavy atom. The van der Waals surface area contributed by atoms with Crippen LogP contribution >= 0.6 is 0 Å². The molecule has 0 bridgehead atoms. The van der Waals surface area contributed by atoms with Crippen LogP contribution in [0.5, 0.6) is 0 Å². The van der Waals surface area contributed by atoms with Crippen molar-refractivity contribution in [1.82, 2.24) is 38.6 Å². The molecule has 18 aromatic rings. The van der Waals surface area contributed by atoms with Crippen LogP contribution in [0.4, 0.5) is 0 Å². The fraction of sp³-hybridized carbons (Fsp3) is 0. The Hall–Kier alpha value is -12.7. The van der Waals surface area contributed by atoms with E-state index < -0.39 is 0 Å². The van der Waals surface area contributed by atoms with Gasteiger partial charge in [-0.3, -0.25) is 0 Å². The van der Waals surface area contributed by atoms with Crippen LogP contribution in [-0.2, 0) is 0 Å². The van der Waals surface area contributed by atoms with E-state index in [4.69, 9.17) is 24.9 Å². The minimum Gasteiger partial charge on any atom is -0.308 e. The molecule has 18 rings (SSSR count). The highest BCUT2D eigenvalue weighted by molar-refractivity contribution is 6.16. The van der Waals surface area contributed by atoms with Crippen LogP contribution in [0.3, 0.4) is 0 Å². The fourth-order valence-corrected chi connectivity index (χ4v) is 13.9. The SMILES string of the molecule is c1ccc(-c2cccc(-c3ccc4c(c3)c3ccccc3n4-c3cc(-c4cc(-c5ccccc5)nc(-c5ccccc5)n4)c(-n4c5ccccc5c5ccccc54)c(-c4cc(-c5ccccc5)nc(-c5ccccc5)n4)c3-n3c4ccccc4c4ccccc43)n2)cc1. The van der Waals surface area contributed by atoms with Crippen molar-refractivity contribution in [1.29, 1.82) is 0 Å². The maximum atomic E-state index is 5.96. The van der Waals surface area contributed by atoms with Crippen molar-refractivity contribution in [2.24, 2.45) is 0 Å². The topological polar surface area (TPSA) is 79.2 Å². The van der Waals surface area contributed by atoms with E-state index in [1.807, 2.05) is 18.2 Å². The predicted molar refractivity (Wildman–Crippen MR) is 382 cm³/mol. The summed E-state index contributed by atoms with van der Waals surface area (Å²) in [6.07, 6.45) is 0. The molecule has 8 nitrogen and oxygen atoms in total. The van der Waals surface area contributed by atoms with Gasteiger partial charge in [0.2, 0.25) is 0 Å². The van der Waals surface area contributed by atoms with E-state index in [0.717, 1.165) is 155 Å². The van der Waals surface area contributed by atoms with Gasteiger partial charge in [0, 0.05) is 71.3 Å². The normalized spacial score (nSPS) is 11.7. The summed E-state index contributed by atoms with van der Waals surface area (Å²) in [5, 5.41) is 6.65. The van der Waals surface area contributed by atoms with E-state index in [1.165, 1.54) is 0 Å². The lowest BCUT2D eigenvalue weighted by atomic mass is 9.94. The molecular formula is C85H54N8. The van der Waals surface area contributed by atoms with Gasteiger partial charge < -0.3 is 13.7 Å². The Morgan fingerprint density at radius 2 is 0.538 bits per heavy atom. The van der Waals surface area contributed by atoms with E-state index >= 15 is 0 Å². The number of aromatic nitrogens is 8. The molecule has 0 spiro atoms. The van der Waals surface area contributed by atoms with Crippen LogP contribution < -0.4 is 0 Å². The first-order valence-electron chi connectivity index (χ1n) is 31.4. The van der Waals surface area contributed by atoms with Crippen molar-refractivity contribution in [2.75, 3.05) is 0 Å². The van der Waals surface area contributed by atoms with E-state index in [1.54, 1.807) is 0 Å². The fourth-order valence-electron chi connectivity index (χ4n) is 13.9. The summed E-state index contributed by atoms with van der Waals surface area (Å²) < 4.78 is 7.46. The summed E-state index contributed by atoms with van der Waals surface area (Å²) in [6, 6.07) is 116. The molecule has 0 N–H and O–H groups in total. The van der Waals surface area contributed by atoms with Crippen LogP contribution in [0.25, 0.3) is 173 Å². The lowest BCUT2D eigenvalue weighted by Crippen LogP contribution is -2.12. The van der Waals surface area contributed by atoms with Gasteiger partial charge in [0.25, 0.3) is 0 Å². The Morgan fingerprint density at radius 3 is 1.01 bits per heavy atom. The van der Waals surface area contributed by atoms with Crippen LogP contribution in [0.1, 0.15) is 0 Å². The minimum atomic E-state index is 0.592. The van der Waals surface area contributed by atoms with Crippen molar-refractivity contribution in [2.45, 2.75) is 0 Å². The van der Waals surface area contributed by atoms with E-state index in [9.17, 15) is 0 Å². The van der Waals surface area contributed by atoms with Crippen LogP contribution in [-0.4, -0.2) is 38.6 Å². The Bertz CT molecular complexity index is 5690. The largest absolute Gasteiger partial charge is 0.308 e. The monoisotopic (exact) mass is 1190 g/mol. The summed E-state index contributed by atoms with van der Waals surface area (Å²) in [6.45, 7) is 0. The molecule has 434 valence electrons. The van der Waals surface area contributed by atoms with Crippen LogP contribution in [0, 0.1) is 0 Å². The summed E-state index contributed by atoms with van der Waals surface area (Å²) in [5.74, 6) is 1.19. The third-order valence-electron chi connectivity index (χ3n) is 18.1. The predicted octanol–water partition coefficient (Wildman–Crippen LogP) is 21.3. The van der Waals surface area contributed by atoms with Crippen molar-refractivity contribution in [3.05, 3.63) is 328 Å². The van der Waals surface area contributed by atoms with Crippen molar-refractivity contribution in [3.63, 3.8) is 0 Å². The summed E-state index contributed by atoms with van der Waals surface area (Å²) in [4.78, 5) is 28.1. The summed E-state index contributed by atoms with van der Waals surface area (Å²) in [7, 11) is 0. The molecule has 0 atom stereocenters. The molecule has 6 heterocycles. The maximum Gasteiger partial charge on any atom is 0.160 e. The molecule has 0 aliphatic heterocycles. The molecule has 0 saturated carbocycles. The highest BCUT2D eigenvalue weighted by Gasteiger charge is 2.32. The minimum absolute atomic E-state index is 0.592. The molecule has 0 amide bonds. The van der Waals surface area contributed by atoms with E-state index in [2.05, 4.69) is 323 Å². The lowest BCUT2D eigenvalue weighted by Gasteiger charge is -2.27. The van der Waals surface area contributed by atoms with Gasteiger partial charge in [-0.15, -0.1) is 0 Å². The van der Waals surface area contributed by atoms with Gasteiger partial charge in [0.15, 0.2) is 11.6 Å². The Balaban J connectivity index is 1.08. The van der Waals surface area contributed by atoms with Gasteiger partial charge in [-0.2, -0.15) is 0 Å². The molecule has 93 heavy (non-hydrogen) atoms. The molecular weight excluding hydrogens is 1130 g/mol. The number of para-hydroxylation sites is 5. The number of pyridine rings is 1. The second-order valence-electron chi connectivity index (χ2n) is 23.5. The molecule has 0 saturated heterocycles. The lowest BCUT2D eigenvalue weighted by molar-refractivity contribution is 1.07. The number of hydrogen-bond donors (Lipinski definition) is 0. The molecule has 0 aliphatic rings. The Labute approximate surface area is 536 Å². The van der Waals surface area contributed by atoms with Gasteiger partial charge in [-0.25, -0.2) is 24.9 Å². The first kappa shape index (κ1) is 53.4. The number of nitrogens with zero attached hydrogens (tertiary/aromatic N) is 8. The van der Waals surface area contributed by atoms with E-state index in [-0.39, 0.29) is 0 Å². The molecule has 0 fully saturated rings. The first-order valence-corrected chi connectivity index (χ1v) is 31.4. The second-order valence-corrected chi connectivity index (χ2v) is 23.5. The van der Waals surface area contributed by atoms with Gasteiger partial charge in [0.1, 0.15) is 0 Å². The van der Waals surface area contributed by atoms with Gasteiger partial charge in [-0.1, -0.05) is 255 Å². The average Bonchev–Trinajstić information content (AvgIpc) is 1.64. The van der Waals surface area contributed by atoms with Gasteiger partial charge in [-0.05, 0) is 72.8 Å². The summed E-state index contributed by atoms with van der Waals surface area (Å²) in [5.41, 5.74) is 21.2. The number of benzene rings is 12. The molecule has 0 aliphatic carbocycles. The second kappa shape index (κ2) is 22.1. The molecule has 0 unspecified atom stereocenters. The van der Waals surface area contributed by atoms with Gasteiger partial charge in [0.05, 0.1) is 89.9 Å². The third kappa shape index (κ3) is 9.03. The molecule has 6 aromatic heterocycles. The smallest absolute Gasteiger partial charge is 0.160 e.